The Bertz CT molecular complexity index is 1940. The van der Waals surface area contributed by atoms with Crippen molar-refractivity contribution in [3.8, 4) is 22.6 Å². The minimum Gasteiger partial charge on any atom is -0.496 e. The highest BCUT2D eigenvalue weighted by Gasteiger charge is 2.30. The molecule has 2 aliphatic rings. The van der Waals surface area contributed by atoms with Gasteiger partial charge in [0.25, 0.3) is 11.8 Å². The summed E-state index contributed by atoms with van der Waals surface area (Å²) in [6, 6.07) is 14.4. The van der Waals surface area contributed by atoms with Gasteiger partial charge in [-0.3, -0.25) is 38.9 Å². The van der Waals surface area contributed by atoms with Crippen molar-refractivity contribution in [1.82, 2.24) is 19.8 Å². The normalized spacial score (nSPS) is 17.3. The van der Waals surface area contributed by atoms with Gasteiger partial charge < -0.3 is 30.3 Å². The molecule has 2 aliphatic heterocycles. The summed E-state index contributed by atoms with van der Waals surface area (Å²) in [6.45, 7) is 6.97. The molecule has 2 aromatic heterocycles. The van der Waals surface area contributed by atoms with Crippen LogP contribution in [-0.4, -0.2) is 94.1 Å². The van der Waals surface area contributed by atoms with Crippen molar-refractivity contribution in [3.05, 3.63) is 94.6 Å². The summed E-state index contributed by atoms with van der Waals surface area (Å²) in [5, 5.41) is 24.6. The Morgan fingerprint density at radius 2 is 1.11 bits per heavy atom. The summed E-state index contributed by atoms with van der Waals surface area (Å²) in [6.07, 6.45) is 4.37. The number of likely N-dealkylation sites (tertiary alicyclic amines) is 2. The molecule has 4 heterocycles. The zero-order valence-corrected chi connectivity index (χ0v) is 30.7. The summed E-state index contributed by atoms with van der Waals surface area (Å²) in [5.74, 6) is -2.22. The Kier molecular flexibility index (Phi) is 11.5. The lowest BCUT2D eigenvalue weighted by molar-refractivity contribution is -0.142. The minimum absolute atomic E-state index is 0.173. The van der Waals surface area contributed by atoms with Crippen molar-refractivity contribution in [2.75, 3.05) is 51.0 Å². The molecule has 14 nitrogen and oxygen atoms in total. The molecule has 6 rings (SSSR count). The maximum atomic E-state index is 13.4. The first-order valence-corrected chi connectivity index (χ1v) is 17.7. The molecule has 0 saturated carbocycles. The second-order valence-corrected chi connectivity index (χ2v) is 13.7. The first-order valence-electron chi connectivity index (χ1n) is 17.7. The number of carboxylic acid groups (broad SMARTS) is 2. The number of methoxy groups -OCH3 is 2. The van der Waals surface area contributed by atoms with E-state index in [1.54, 1.807) is 24.5 Å². The van der Waals surface area contributed by atoms with Gasteiger partial charge in [0, 0.05) is 73.2 Å². The molecule has 4 N–H and O–H groups in total. The van der Waals surface area contributed by atoms with Crippen LogP contribution < -0.4 is 20.1 Å². The van der Waals surface area contributed by atoms with Crippen molar-refractivity contribution in [1.29, 1.82) is 0 Å². The molecule has 4 aromatic rings. The van der Waals surface area contributed by atoms with Crippen LogP contribution in [0.15, 0.2) is 60.9 Å². The van der Waals surface area contributed by atoms with Crippen molar-refractivity contribution in [2.45, 2.75) is 39.8 Å². The molecule has 2 aromatic carbocycles. The Morgan fingerprint density at radius 3 is 1.46 bits per heavy atom. The van der Waals surface area contributed by atoms with Gasteiger partial charge in [0.15, 0.2) is 0 Å². The highest BCUT2D eigenvalue weighted by molar-refractivity contribution is 6.05. The van der Waals surface area contributed by atoms with Crippen LogP contribution >= 0.6 is 0 Å². The van der Waals surface area contributed by atoms with Crippen LogP contribution in [0.4, 0.5) is 11.4 Å². The number of carbonyl (C=O) groups is 4. The smallest absolute Gasteiger partial charge is 0.307 e. The summed E-state index contributed by atoms with van der Waals surface area (Å²) in [5.41, 5.74) is 6.43. The molecule has 54 heavy (non-hydrogen) atoms. The zero-order chi connectivity index (χ0) is 38.5. The van der Waals surface area contributed by atoms with Crippen LogP contribution in [0.25, 0.3) is 11.1 Å². The van der Waals surface area contributed by atoms with Gasteiger partial charge in [-0.05, 0) is 74.2 Å². The van der Waals surface area contributed by atoms with Crippen molar-refractivity contribution >= 4 is 35.1 Å². The largest absolute Gasteiger partial charge is 0.496 e. The second kappa shape index (κ2) is 16.4. The van der Waals surface area contributed by atoms with Gasteiger partial charge in [-0.1, -0.05) is 24.3 Å². The van der Waals surface area contributed by atoms with E-state index in [9.17, 15) is 29.4 Å². The third kappa shape index (κ3) is 8.35. The average Bonchev–Trinajstić information content (AvgIpc) is 3.84. The van der Waals surface area contributed by atoms with Crippen molar-refractivity contribution in [2.24, 2.45) is 11.8 Å². The van der Waals surface area contributed by atoms with Crippen molar-refractivity contribution < 1.29 is 38.9 Å². The molecule has 0 radical (unpaired) electrons. The summed E-state index contributed by atoms with van der Waals surface area (Å²) in [7, 11) is 3.05. The maximum Gasteiger partial charge on any atom is 0.307 e. The van der Waals surface area contributed by atoms with Gasteiger partial charge in [-0.15, -0.1) is 0 Å². The molecule has 0 unspecified atom stereocenters. The lowest BCUT2D eigenvalue weighted by atomic mass is 9.94. The number of rotatable bonds is 13. The SMILES string of the molecule is COc1cc(C(=O)Nc2cccc(-c3cccc(NC(=O)c4cc(OC)c(CN5CC[C@H](C(=O)O)C5)cn4)c3C)c2C)ncc1CN1CC[C@H](C(=O)O)C1. The third-order valence-corrected chi connectivity index (χ3v) is 10.3. The van der Waals surface area contributed by atoms with E-state index in [1.807, 2.05) is 60.0 Å². The van der Waals surface area contributed by atoms with Gasteiger partial charge in [-0.2, -0.15) is 0 Å². The third-order valence-electron chi connectivity index (χ3n) is 10.3. The zero-order valence-electron chi connectivity index (χ0n) is 30.7. The number of carbonyl (C=O) groups excluding carboxylic acids is 2. The van der Waals surface area contributed by atoms with E-state index < -0.39 is 35.6 Å². The van der Waals surface area contributed by atoms with Crippen LogP contribution in [0.1, 0.15) is 56.1 Å². The van der Waals surface area contributed by atoms with Crippen LogP contribution in [0, 0.1) is 25.7 Å². The lowest BCUT2D eigenvalue weighted by Crippen LogP contribution is -2.23. The van der Waals surface area contributed by atoms with Crippen molar-refractivity contribution in [3.63, 3.8) is 0 Å². The Hall–Kier alpha value is -5.86. The van der Waals surface area contributed by atoms with E-state index in [2.05, 4.69) is 20.6 Å². The van der Waals surface area contributed by atoms with Crippen LogP contribution in [0.3, 0.4) is 0 Å². The van der Waals surface area contributed by atoms with Crippen LogP contribution in [0.5, 0.6) is 11.5 Å². The predicted molar refractivity (Wildman–Crippen MR) is 201 cm³/mol. The number of hydrogen-bond acceptors (Lipinski definition) is 10. The van der Waals surface area contributed by atoms with E-state index in [-0.39, 0.29) is 11.4 Å². The highest BCUT2D eigenvalue weighted by atomic mass is 16.5. The number of anilines is 2. The summed E-state index contributed by atoms with van der Waals surface area (Å²) in [4.78, 5) is 62.5. The predicted octanol–water partition coefficient (Wildman–Crippen LogP) is 5.10. The molecule has 14 heteroatoms. The molecule has 0 aliphatic carbocycles. The number of hydrogen-bond donors (Lipinski definition) is 4. The van der Waals surface area contributed by atoms with Crippen LogP contribution in [-0.2, 0) is 22.7 Å². The number of carboxylic acids is 2. The Morgan fingerprint density at radius 1 is 0.704 bits per heavy atom. The minimum atomic E-state index is -0.796. The highest BCUT2D eigenvalue weighted by Crippen LogP contribution is 2.35. The number of benzene rings is 2. The molecule has 2 saturated heterocycles. The fraction of sp³-hybridized carbons (Fsp3) is 0.350. The van der Waals surface area contributed by atoms with Gasteiger partial charge >= 0.3 is 11.9 Å². The van der Waals surface area contributed by atoms with Crippen LogP contribution in [0.2, 0.25) is 0 Å². The number of pyridine rings is 2. The average molecular weight is 737 g/mol. The Labute approximate surface area is 313 Å². The number of amides is 2. The van der Waals surface area contributed by atoms with Gasteiger partial charge in [0.05, 0.1) is 26.1 Å². The second-order valence-electron chi connectivity index (χ2n) is 13.7. The van der Waals surface area contributed by atoms with E-state index in [4.69, 9.17) is 9.47 Å². The van der Waals surface area contributed by atoms with E-state index >= 15 is 0 Å². The standard InChI is InChI=1S/C40H44N6O8/c1-23-29(7-5-9-31(23)43-37(47)33-15-35(53-3)27(17-41-33)21-45-13-11-25(19-45)39(49)50)30-8-6-10-32(24(30)2)44-38(48)34-16-36(54-4)28(18-42-34)22-46-14-12-26(20-46)40(51)52/h5-10,15-18,25-26H,11-14,19-22H2,1-4H3,(H,43,47)(H,44,48)(H,49,50)(H,51,52)/t25-,26-/m0/s1. The van der Waals surface area contributed by atoms with Gasteiger partial charge in [0.1, 0.15) is 22.9 Å². The molecule has 2 fully saturated rings. The quantitative estimate of drug-likeness (QED) is 0.143. The maximum absolute atomic E-state index is 13.4. The van der Waals surface area contributed by atoms with Gasteiger partial charge in [0.2, 0.25) is 0 Å². The molecule has 2 atom stereocenters. The fourth-order valence-corrected chi connectivity index (χ4v) is 7.13. The summed E-state index contributed by atoms with van der Waals surface area (Å²) >= 11 is 0. The first kappa shape index (κ1) is 37.9. The molecule has 282 valence electrons. The van der Waals surface area contributed by atoms with Gasteiger partial charge in [-0.25, -0.2) is 0 Å². The molecule has 0 bridgehead atoms. The lowest BCUT2D eigenvalue weighted by Gasteiger charge is -2.18. The Balaban J connectivity index is 1.14. The number of nitrogens with zero attached hydrogens (tertiary/aromatic N) is 4. The fourth-order valence-electron chi connectivity index (χ4n) is 7.13. The molecule has 0 spiro atoms. The topological polar surface area (TPSA) is 184 Å². The molecular weight excluding hydrogens is 692 g/mol. The number of aliphatic carboxylic acids is 2. The first-order chi connectivity index (χ1) is 25.9. The molecular formula is C40H44N6O8. The number of aromatic nitrogens is 2. The van der Waals surface area contributed by atoms with E-state index in [0.29, 0.717) is 75.0 Å². The summed E-state index contributed by atoms with van der Waals surface area (Å²) < 4.78 is 11.2. The number of nitrogens with one attached hydrogen (secondary N) is 2. The monoisotopic (exact) mass is 736 g/mol. The molecule has 2 amide bonds. The van der Waals surface area contributed by atoms with E-state index in [1.165, 1.54) is 14.2 Å². The number of ether oxygens (including phenoxy) is 2. The van der Waals surface area contributed by atoms with E-state index in [0.717, 1.165) is 33.4 Å².